The van der Waals surface area contributed by atoms with Gasteiger partial charge in [-0.05, 0) is 49.3 Å². The minimum Gasteiger partial charge on any atom is -0.398 e. The number of hydrogen-bond acceptors (Lipinski definition) is 3. The van der Waals surface area contributed by atoms with Crippen molar-refractivity contribution in [2.45, 2.75) is 32.6 Å². The smallest absolute Gasteiger partial charge is 0.242 e. The summed E-state index contributed by atoms with van der Waals surface area (Å²) in [5.74, 6) is 0.892. The lowest BCUT2D eigenvalue weighted by Crippen LogP contribution is -2.45. The van der Waals surface area contributed by atoms with Crippen LogP contribution in [0.1, 0.15) is 31.7 Å². The zero-order chi connectivity index (χ0) is 14.8. The highest BCUT2D eigenvalue weighted by atomic mass is 16.2. The van der Waals surface area contributed by atoms with Crippen LogP contribution in [0.3, 0.4) is 0 Å². The molecule has 21 heavy (non-hydrogen) atoms. The van der Waals surface area contributed by atoms with Crippen LogP contribution in [0.4, 0.5) is 11.4 Å². The van der Waals surface area contributed by atoms with Crippen LogP contribution in [-0.4, -0.2) is 37.0 Å². The van der Waals surface area contributed by atoms with Crippen molar-refractivity contribution < 1.29 is 4.79 Å². The van der Waals surface area contributed by atoms with Crippen molar-refractivity contribution in [3.63, 3.8) is 0 Å². The number of anilines is 2. The molecule has 1 amide bonds. The Bertz CT molecular complexity index is 529. The van der Waals surface area contributed by atoms with E-state index in [9.17, 15) is 4.79 Å². The van der Waals surface area contributed by atoms with Crippen molar-refractivity contribution in [1.82, 2.24) is 4.90 Å². The second-order valence-corrected chi connectivity index (χ2v) is 6.46. The first-order chi connectivity index (χ1) is 10.1. The van der Waals surface area contributed by atoms with Gasteiger partial charge in [-0.25, -0.2) is 0 Å². The molecule has 1 saturated heterocycles. The first kappa shape index (κ1) is 14.2. The number of carbonyl (C=O) groups is 1. The monoisotopic (exact) mass is 287 g/mol. The fourth-order valence-corrected chi connectivity index (χ4v) is 3.57. The third-order valence-electron chi connectivity index (χ3n) is 4.72. The highest BCUT2D eigenvalue weighted by molar-refractivity contribution is 5.82. The number of piperidine rings is 1. The van der Waals surface area contributed by atoms with Gasteiger partial charge in [-0.2, -0.15) is 0 Å². The maximum atomic E-state index is 12.6. The molecule has 2 N–H and O–H groups in total. The number of likely N-dealkylation sites (tertiary alicyclic amines) is 1. The van der Waals surface area contributed by atoms with Crippen LogP contribution in [0.25, 0.3) is 0 Å². The van der Waals surface area contributed by atoms with Gasteiger partial charge < -0.3 is 15.5 Å². The molecule has 0 bridgehead atoms. The van der Waals surface area contributed by atoms with E-state index >= 15 is 0 Å². The van der Waals surface area contributed by atoms with E-state index in [2.05, 4.69) is 17.9 Å². The zero-order valence-corrected chi connectivity index (χ0v) is 12.8. The van der Waals surface area contributed by atoms with Gasteiger partial charge in [-0.3, -0.25) is 4.79 Å². The lowest BCUT2D eigenvalue weighted by Gasteiger charge is -2.36. The van der Waals surface area contributed by atoms with E-state index in [4.69, 9.17) is 5.73 Å². The molecule has 0 aromatic heterocycles. The number of rotatable bonds is 2. The van der Waals surface area contributed by atoms with Crippen molar-refractivity contribution in [3.8, 4) is 0 Å². The van der Waals surface area contributed by atoms with Crippen LogP contribution in [-0.2, 0) is 11.2 Å². The van der Waals surface area contributed by atoms with Gasteiger partial charge in [0.2, 0.25) is 5.91 Å². The number of nitrogens with zero attached hydrogens (tertiary/aromatic N) is 2. The van der Waals surface area contributed by atoms with E-state index < -0.39 is 0 Å². The van der Waals surface area contributed by atoms with Crippen molar-refractivity contribution >= 4 is 17.3 Å². The molecule has 2 aliphatic heterocycles. The summed E-state index contributed by atoms with van der Waals surface area (Å²) in [5, 5.41) is 0. The van der Waals surface area contributed by atoms with E-state index in [0.29, 0.717) is 12.5 Å². The van der Waals surface area contributed by atoms with Crippen molar-refractivity contribution in [3.05, 3.63) is 23.8 Å². The molecule has 1 fully saturated rings. The summed E-state index contributed by atoms with van der Waals surface area (Å²) in [6, 6.07) is 6.04. The molecule has 0 spiro atoms. The molecular formula is C17H25N3O. The molecule has 114 valence electrons. The Morgan fingerprint density at radius 1 is 1.33 bits per heavy atom. The lowest BCUT2D eigenvalue weighted by molar-refractivity contribution is -0.131. The van der Waals surface area contributed by atoms with E-state index in [1.165, 1.54) is 12.0 Å². The minimum absolute atomic E-state index is 0.261. The maximum Gasteiger partial charge on any atom is 0.242 e. The number of nitrogens with two attached hydrogens (primary N) is 1. The molecule has 1 aromatic carbocycles. The standard InChI is InChI=1S/C17H25N3O/c1-13-5-3-10-20(11-13)17(21)12-19-9-4-6-14-15(18)7-2-8-16(14)19/h2,7-8,13H,3-6,9-12,18H2,1H3. The molecule has 4 nitrogen and oxygen atoms in total. The number of amides is 1. The van der Waals surface area contributed by atoms with Gasteiger partial charge in [0.25, 0.3) is 0 Å². The number of carbonyl (C=O) groups excluding carboxylic acids is 1. The molecule has 3 rings (SSSR count). The Morgan fingerprint density at radius 2 is 2.19 bits per heavy atom. The summed E-state index contributed by atoms with van der Waals surface area (Å²) >= 11 is 0. The second-order valence-electron chi connectivity index (χ2n) is 6.46. The Kier molecular flexibility index (Phi) is 4.04. The molecule has 0 aliphatic carbocycles. The summed E-state index contributed by atoms with van der Waals surface area (Å²) in [6.07, 6.45) is 4.47. The van der Waals surface area contributed by atoms with Gasteiger partial charge in [0.15, 0.2) is 0 Å². The molecule has 1 atom stereocenters. The third-order valence-corrected chi connectivity index (χ3v) is 4.72. The van der Waals surface area contributed by atoms with Crippen molar-refractivity contribution in [2.75, 3.05) is 36.8 Å². The summed E-state index contributed by atoms with van der Waals surface area (Å²) in [7, 11) is 0. The number of fused-ring (bicyclic) bond motifs is 1. The van der Waals surface area contributed by atoms with Gasteiger partial charge >= 0.3 is 0 Å². The largest absolute Gasteiger partial charge is 0.398 e. The summed E-state index contributed by atoms with van der Waals surface area (Å²) in [5.41, 5.74) is 9.30. The molecule has 1 unspecified atom stereocenters. The molecule has 4 heteroatoms. The highest BCUT2D eigenvalue weighted by Gasteiger charge is 2.25. The fourth-order valence-electron chi connectivity index (χ4n) is 3.57. The zero-order valence-electron chi connectivity index (χ0n) is 12.8. The van der Waals surface area contributed by atoms with Crippen LogP contribution in [0.5, 0.6) is 0 Å². The maximum absolute atomic E-state index is 12.6. The van der Waals surface area contributed by atoms with E-state index in [0.717, 1.165) is 50.3 Å². The highest BCUT2D eigenvalue weighted by Crippen LogP contribution is 2.31. The quantitative estimate of drug-likeness (QED) is 0.849. The topological polar surface area (TPSA) is 49.6 Å². The molecule has 2 aliphatic rings. The van der Waals surface area contributed by atoms with Crippen molar-refractivity contribution in [1.29, 1.82) is 0 Å². The van der Waals surface area contributed by atoms with E-state index in [-0.39, 0.29) is 5.91 Å². The van der Waals surface area contributed by atoms with Gasteiger partial charge in [0.1, 0.15) is 0 Å². The van der Waals surface area contributed by atoms with Crippen molar-refractivity contribution in [2.24, 2.45) is 5.92 Å². The number of nitrogen functional groups attached to an aromatic ring is 1. The fraction of sp³-hybridized carbons (Fsp3) is 0.588. The van der Waals surface area contributed by atoms with Gasteiger partial charge in [0.05, 0.1) is 6.54 Å². The van der Waals surface area contributed by atoms with Gasteiger partial charge in [-0.1, -0.05) is 13.0 Å². The third kappa shape index (κ3) is 2.99. The van der Waals surface area contributed by atoms with E-state index in [1.807, 2.05) is 17.0 Å². The molecular weight excluding hydrogens is 262 g/mol. The lowest BCUT2D eigenvalue weighted by atomic mass is 9.99. The molecule has 2 heterocycles. The second kappa shape index (κ2) is 5.96. The van der Waals surface area contributed by atoms with Crippen LogP contribution < -0.4 is 10.6 Å². The summed E-state index contributed by atoms with van der Waals surface area (Å²) < 4.78 is 0. The Balaban J connectivity index is 1.71. The predicted molar refractivity (Wildman–Crippen MR) is 86.4 cm³/mol. The normalized spacial score (nSPS) is 22.0. The average Bonchev–Trinajstić information content (AvgIpc) is 2.48. The predicted octanol–water partition coefficient (Wildman–Crippen LogP) is 2.28. The first-order valence-electron chi connectivity index (χ1n) is 8.05. The number of benzene rings is 1. The number of hydrogen-bond donors (Lipinski definition) is 1. The van der Waals surface area contributed by atoms with Crippen LogP contribution in [0.2, 0.25) is 0 Å². The van der Waals surface area contributed by atoms with Crippen LogP contribution in [0, 0.1) is 5.92 Å². The Morgan fingerprint density at radius 3 is 3.00 bits per heavy atom. The summed E-state index contributed by atoms with van der Waals surface area (Å²) in [4.78, 5) is 16.8. The Labute approximate surface area is 126 Å². The van der Waals surface area contributed by atoms with Gasteiger partial charge in [0, 0.05) is 31.0 Å². The first-order valence-corrected chi connectivity index (χ1v) is 8.05. The SMILES string of the molecule is CC1CCCN(C(=O)CN2CCCc3c(N)cccc32)C1. The van der Waals surface area contributed by atoms with Gasteiger partial charge in [-0.15, -0.1) is 0 Å². The minimum atomic E-state index is 0.261. The average molecular weight is 287 g/mol. The van der Waals surface area contributed by atoms with Crippen LogP contribution in [0.15, 0.2) is 18.2 Å². The van der Waals surface area contributed by atoms with E-state index in [1.54, 1.807) is 0 Å². The molecule has 0 radical (unpaired) electrons. The summed E-state index contributed by atoms with van der Waals surface area (Å²) in [6.45, 7) is 5.50. The Hall–Kier alpha value is -1.71. The molecule has 0 saturated carbocycles. The molecule has 1 aromatic rings. The van der Waals surface area contributed by atoms with Crippen LogP contribution >= 0.6 is 0 Å².